The van der Waals surface area contributed by atoms with E-state index < -0.39 is 35.0 Å². The average Bonchev–Trinajstić information content (AvgIpc) is 3.06. The Kier molecular flexibility index (Phi) is 6.17. The van der Waals surface area contributed by atoms with Crippen LogP contribution in [-0.2, 0) is 12.4 Å². The molecule has 1 aliphatic heterocycles. The van der Waals surface area contributed by atoms with Gasteiger partial charge in [-0.3, -0.25) is 9.69 Å². The minimum Gasteiger partial charge on any atom is -0.348 e. The second-order valence-corrected chi connectivity index (χ2v) is 7.92. The van der Waals surface area contributed by atoms with Crippen LogP contribution >= 0.6 is 0 Å². The van der Waals surface area contributed by atoms with Crippen LogP contribution in [0, 0.1) is 0 Å². The van der Waals surface area contributed by atoms with Gasteiger partial charge in [0.05, 0.1) is 16.7 Å². The molecule has 2 aliphatic rings. The van der Waals surface area contributed by atoms with E-state index in [9.17, 15) is 31.1 Å². The summed E-state index contributed by atoms with van der Waals surface area (Å²) in [4.78, 5) is 15.0. The summed E-state index contributed by atoms with van der Waals surface area (Å²) in [5.41, 5.74) is -3.76. The van der Waals surface area contributed by atoms with Gasteiger partial charge in [0.1, 0.15) is 0 Å². The number of hydrogen-bond donors (Lipinski definition) is 1. The number of nitrogens with zero attached hydrogens (tertiary/aromatic N) is 1. The highest BCUT2D eigenvalue weighted by Gasteiger charge is 2.41. The first-order valence-electron chi connectivity index (χ1n) is 9.83. The number of benzene rings is 1. The van der Waals surface area contributed by atoms with Crippen LogP contribution in [0.4, 0.5) is 26.3 Å². The first-order chi connectivity index (χ1) is 13.5. The SMILES string of the molecule is CC1CCCN1C1CCCCC1NC(=O)c1ccc(C(F)(F)F)cc1C(F)(F)F. The zero-order valence-corrected chi connectivity index (χ0v) is 16.0. The summed E-state index contributed by atoms with van der Waals surface area (Å²) in [6.07, 6.45) is -4.60. The largest absolute Gasteiger partial charge is 0.417 e. The van der Waals surface area contributed by atoms with Crippen LogP contribution in [0.5, 0.6) is 0 Å². The Morgan fingerprint density at radius 1 is 1.00 bits per heavy atom. The van der Waals surface area contributed by atoms with Crippen molar-refractivity contribution in [2.24, 2.45) is 0 Å². The number of rotatable bonds is 3. The van der Waals surface area contributed by atoms with Gasteiger partial charge >= 0.3 is 12.4 Å². The number of halogens is 6. The maximum Gasteiger partial charge on any atom is 0.417 e. The molecule has 0 spiro atoms. The van der Waals surface area contributed by atoms with Crippen molar-refractivity contribution in [2.75, 3.05) is 6.54 Å². The molecule has 3 atom stereocenters. The van der Waals surface area contributed by atoms with Crippen molar-refractivity contribution in [3.63, 3.8) is 0 Å². The molecular formula is C20H24F6N2O. The van der Waals surface area contributed by atoms with Gasteiger partial charge in [-0.15, -0.1) is 0 Å². The smallest absolute Gasteiger partial charge is 0.348 e. The Balaban J connectivity index is 1.85. The summed E-state index contributed by atoms with van der Waals surface area (Å²) in [5, 5.41) is 2.69. The summed E-state index contributed by atoms with van der Waals surface area (Å²) in [7, 11) is 0. The van der Waals surface area contributed by atoms with Crippen LogP contribution in [0.2, 0.25) is 0 Å². The Bertz CT molecular complexity index is 745. The number of carbonyl (C=O) groups excluding carboxylic acids is 1. The molecule has 1 aromatic rings. The van der Waals surface area contributed by atoms with E-state index in [-0.39, 0.29) is 18.2 Å². The van der Waals surface area contributed by atoms with Crippen molar-refractivity contribution in [1.29, 1.82) is 0 Å². The van der Waals surface area contributed by atoms with Gasteiger partial charge in [-0.1, -0.05) is 12.8 Å². The van der Waals surface area contributed by atoms with Crippen LogP contribution in [0.3, 0.4) is 0 Å². The number of likely N-dealkylation sites (tertiary alicyclic amines) is 1. The van der Waals surface area contributed by atoms with E-state index in [1.165, 1.54) is 0 Å². The maximum absolute atomic E-state index is 13.4. The highest BCUT2D eigenvalue weighted by atomic mass is 19.4. The van der Waals surface area contributed by atoms with E-state index in [1.54, 1.807) is 0 Å². The monoisotopic (exact) mass is 422 g/mol. The fourth-order valence-electron chi connectivity index (χ4n) is 4.52. The number of amides is 1. The van der Waals surface area contributed by atoms with Crippen molar-refractivity contribution in [1.82, 2.24) is 10.2 Å². The zero-order chi connectivity index (χ0) is 21.4. The average molecular weight is 422 g/mol. The zero-order valence-electron chi connectivity index (χ0n) is 16.0. The first-order valence-corrected chi connectivity index (χ1v) is 9.83. The normalized spacial score (nSPS) is 26.5. The molecule has 1 saturated carbocycles. The van der Waals surface area contributed by atoms with Crippen molar-refractivity contribution < 1.29 is 31.1 Å². The molecule has 0 aromatic heterocycles. The van der Waals surface area contributed by atoms with E-state index in [1.807, 2.05) is 0 Å². The molecule has 1 N–H and O–H groups in total. The van der Waals surface area contributed by atoms with Crippen molar-refractivity contribution >= 4 is 5.91 Å². The minimum atomic E-state index is -5.07. The lowest BCUT2D eigenvalue weighted by molar-refractivity contribution is -0.143. The molecule has 0 bridgehead atoms. The Morgan fingerprint density at radius 2 is 1.69 bits per heavy atom. The van der Waals surface area contributed by atoms with Crippen LogP contribution < -0.4 is 5.32 Å². The lowest BCUT2D eigenvalue weighted by Gasteiger charge is -2.40. The van der Waals surface area contributed by atoms with E-state index in [4.69, 9.17) is 0 Å². The Hall–Kier alpha value is -1.77. The lowest BCUT2D eigenvalue weighted by Crippen LogP contribution is -2.54. The fourth-order valence-corrected chi connectivity index (χ4v) is 4.52. The molecule has 1 saturated heterocycles. The highest BCUT2D eigenvalue weighted by Crippen LogP contribution is 2.37. The molecule has 9 heteroatoms. The van der Waals surface area contributed by atoms with Gasteiger partial charge in [0.15, 0.2) is 0 Å². The molecule has 1 aromatic carbocycles. The topological polar surface area (TPSA) is 32.3 Å². The quantitative estimate of drug-likeness (QED) is 0.675. The second kappa shape index (κ2) is 8.16. The molecule has 1 aliphatic carbocycles. The fraction of sp³-hybridized carbons (Fsp3) is 0.650. The molecule has 29 heavy (non-hydrogen) atoms. The summed E-state index contributed by atoms with van der Waals surface area (Å²) in [5.74, 6) is -0.977. The third-order valence-electron chi connectivity index (χ3n) is 5.97. The number of hydrogen-bond acceptors (Lipinski definition) is 2. The molecule has 3 nitrogen and oxygen atoms in total. The molecule has 1 heterocycles. The van der Waals surface area contributed by atoms with Gasteiger partial charge in [-0.2, -0.15) is 26.3 Å². The third-order valence-corrected chi connectivity index (χ3v) is 5.97. The van der Waals surface area contributed by atoms with E-state index in [0.29, 0.717) is 24.6 Å². The van der Waals surface area contributed by atoms with E-state index in [2.05, 4.69) is 17.1 Å². The van der Waals surface area contributed by atoms with Gasteiger partial charge in [-0.25, -0.2) is 0 Å². The van der Waals surface area contributed by atoms with E-state index >= 15 is 0 Å². The molecule has 0 radical (unpaired) electrons. The Labute approximate surface area is 165 Å². The Morgan fingerprint density at radius 3 is 2.28 bits per heavy atom. The van der Waals surface area contributed by atoms with Gasteiger partial charge < -0.3 is 5.32 Å². The van der Waals surface area contributed by atoms with Gasteiger partial charge in [0.2, 0.25) is 0 Å². The van der Waals surface area contributed by atoms with Crippen LogP contribution in [0.15, 0.2) is 18.2 Å². The molecule has 3 rings (SSSR count). The minimum absolute atomic E-state index is 0.00973. The standard InChI is InChI=1S/C20H24F6N2O/c1-12-5-4-10-28(12)17-7-3-2-6-16(17)27-18(29)14-9-8-13(19(21,22)23)11-15(14)20(24,25)26/h8-9,11-12,16-17H,2-7,10H2,1H3,(H,27,29). The predicted octanol–water partition coefficient (Wildman–Crippen LogP) is 5.25. The maximum atomic E-state index is 13.4. The van der Waals surface area contributed by atoms with Crippen LogP contribution in [0.1, 0.15) is 66.9 Å². The molecule has 162 valence electrons. The summed E-state index contributed by atoms with van der Waals surface area (Å²) < 4.78 is 78.7. The summed E-state index contributed by atoms with van der Waals surface area (Å²) in [6.45, 7) is 2.98. The van der Waals surface area contributed by atoms with Gasteiger partial charge in [0.25, 0.3) is 5.91 Å². The van der Waals surface area contributed by atoms with E-state index in [0.717, 1.165) is 38.6 Å². The van der Waals surface area contributed by atoms with Crippen molar-refractivity contribution in [3.8, 4) is 0 Å². The summed E-state index contributed by atoms with van der Waals surface area (Å²) >= 11 is 0. The van der Waals surface area contributed by atoms with Gasteiger partial charge in [-0.05, 0) is 57.4 Å². The molecule has 3 unspecified atom stereocenters. The second-order valence-electron chi connectivity index (χ2n) is 7.92. The highest BCUT2D eigenvalue weighted by molar-refractivity contribution is 5.96. The lowest BCUT2D eigenvalue weighted by atomic mass is 9.88. The third kappa shape index (κ3) is 4.87. The molecule has 1 amide bonds. The molecular weight excluding hydrogens is 398 g/mol. The van der Waals surface area contributed by atoms with Crippen molar-refractivity contribution in [3.05, 3.63) is 34.9 Å². The number of carbonyl (C=O) groups is 1. The first kappa shape index (κ1) is 21.9. The van der Waals surface area contributed by atoms with Crippen LogP contribution in [-0.4, -0.2) is 35.5 Å². The van der Waals surface area contributed by atoms with Crippen molar-refractivity contribution in [2.45, 2.75) is 75.9 Å². The van der Waals surface area contributed by atoms with Crippen LogP contribution in [0.25, 0.3) is 0 Å². The number of alkyl halides is 6. The molecule has 2 fully saturated rings. The predicted molar refractivity (Wildman–Crippen MR) is 95.4 cm³/mol. The summed E-state index contributed by atoms with van der Waals surface area (Å²) in [6, 6.07) is 1.21. The number of nitrogens with one attached hydrogen (secondary N) is 1. The van der Waals surface area contributed by atoms with Gasteiger partial charge in [0, 0.05) is 18.1 Å².